The second-order valence-electron chi connectivity index (χ2n) is 4.96. The molecule has 5 heteroatoms. The Balaban J connectivity index is 1.99. The quantitative estimate of drug-likeness (QED) is 0.635. The smallest absolute Gasteiger partial charge is 0.287 e. The van der Waals surface area contributed by atoms with Crippen LogP contribution in [0.2, 0.25) is 0 Å². The Bertz CT molecular complexity index is 675. The number of benzene rings is 1. The minimum absolute atomic E-state index is 0.223. The van der Waals surface area contributed by atoms with Crippen LogP contribution in [0.25, 0.3) is 11.0 Å². The molecule has 2 rings (SSSR count). The van der Waals surface area contributed by atoms with Crippen LogP contribution in [0.5, 0.6) is 0 Å². The molecule has 0 saturated heterocycles. The van der Waals surface area contributed by atoms with E-state index >= 15 is 0 Å². The second kappa shape index (κ2) is 6.91. The average molecular weight is 352 g/mol. The van der Waals surface area contributed by atoms with E-state index in [-0.39, 0.29) is 5.91 Å². The van der Waals surface area contributed by atoms with Crippen molar-refractivity contribution in [1.29, 1.82) is 0 Å². The van der Waals surface area contributed by atoms with Crippen molar-refractivity contribution in [2.75, 3.05) is 19.8 Å². The third kappa shape index (κ3) is 3.95. The number of nitrogens with one attached hydrogen (secondary N) is 1. The summed E-state index contributed by atoms with van der Waals surface area (Å²) in [6, 6.07) is 5.68. The van der Waals surface area contributed by atoms with Crippen LogP contribution in [0.4, 0.5) is 0 Å². The zero-order chi connectivity index (χ0) is 15.4. The molecule has 0 saturated carbocycles. The summed E-state index contributed by atoms with van der Waals surface area (Å²) in [6.45, 7) is 8.92. The Hall–Kier alpha value is -1.59. The summed E-state index contributed by atoms with van der Waals surface area (Å²) >= 11 is 3.42. The maximum atomic E-state index is 12.1. The first-order valence-electron chi connectivity index (χ1n) is 6.68. The molecule has 0 atom stereocenters. The number of ether oxygens (including phenoxy) is 1. The van der Waals surface area contributed by atoms with Crippen LogP contribution in [-0.2, 0) is 4.74 Å². The van der Waals surface area contributed by atoms with Crippen molar-refractivity contribution in [3.63, 3.8) is 0 Å². The number of furan rings is 1. The van der Waals surface area contributed by atoms with Gasteiger partial charge in [-0.25, -0.2) is 0 Å². The highest BCUT2D eigenvalue weighted by molar-refractivity contribution is 9.10. The number of hydrogen-bond donors (Lipinski definition) is 1. The van der Waals surface area contributed by atoms with Gasteiger partial charge in [0.15, 0.2) is 5.76 Å². The molecular formula is C16H18BrNO3. The van der Waals surface area contributed by atoms with E-state index in [2.05, 4.69) is 27.8 Å². The van der Waals surface area contributed by atoms with E-state index in [4.69, 9.17) is 9.15 Å². The molecule has 21 heavy (non-hydrogen) atoms. The summed E-state index contributed by atoms with van der Waals surface area (Å²) in [4.78, 5) is 12.1. The summed E-state index contributed by atoms with van der Waals surface area (Å²) in [6.07, 6.45) is 0. The van der Waals surface area contributed by atoms with E-state index in [1.807, 2.05) is 32.0 Å². The van der Waals surface area contributed by atoms with Gasteiger partial charge in [-0.1, -0.05) is 28.1 Å². The highest BCUT2D eigenvalue weighted by Crippen LogP contribution is 2.27. The topological polar surface area (TPSA) is 51.5 Å². The number of amides is 1. The summed E-state index contributed by atoms with van der Waals surface area (Å²) < 4.78 is 11.9. The van der Waals surface area contributed by atoms with Gasteiger partial charge in [0.2, 0.25) is 0 Å². The fraction of sp³-hybridized carbons (Fsp3) is 0.312. The fourth-order valence-electron chi connectivity index (χ4n) is 1.97. The van der Waals surface area contributed by atoms with Crippen LogP contribution >= 0.6 is 15.9 Å². The lowest BCUT2D eigenvalue weighted by atomic mass is 10.1. The molecule has 0 radical (unpaired) electrons. The zero-order valence-electron chi connectivity index (χ0n) is 12.2. The lowest BCUT2D eigenvalue weighted by Gasteiger charge is -2.05. The van der Waals surface area contributed by atoms with E-state index < -0.39 is 0 Å². The third-order valence-electron chi connectivity index (χ3n) is 2.98. The summed E-state index contributed by atoms with van der Waals surface area (Å²) in [5.41, 5.74) is 2.51. The standard InChI is InChI=1S/C16H18BrNO3/c1-10(2)9-20-7-6-18-16(19)15-11(3)13-8-12(17)4-5-14(13)21-15/h4-5,8H,1,6-7,9H2,2-3H3,(H,18,19). The number of aryl methyl sites for hydroxylation is 1. The first-order chi connectivity index (χ1) is 9.99. The Morgan fingerprint density at radius 2 is 2.24 bits per heavy atom. The van der Waals surface area contributed by atoms with Crippen LogP contribution in [-0.4, -0.2) is 25.7 Å². The molecule has 1 aromatic carbocycles. The van der Waals surface area contributed by atoms with Gasteiger partial charge in [0.1, 0.15) is 5.58 Å². The number of carbonyl (C=O) groups is 1. The van der Waals surface area contributed by atoms with Crippen LogP contribution < -0.4 is 5.32 Å². The van der Waals surface area contributed by atoms with Crippen molar-refractivity contribution in [2.24, 2.45) is 0 Å². The molecule has 0 aliphatic rings. The lowest BCUT2D eigenvalue weighted by Crippen LogP contribution is -2.27. The minimum atomic E-state index is -0.223. The van der Waals surface area contributed by atoms with Gasteiger partial charge in [0.25, 0.3) is 5.91 Å². The van der Waals surface area contributed by atoms with Gasteiger partial charge >= 0.3 is 0 Å². The largest absolute Gasteiger partial charge is 0.451 e. The molecule has 0 bridgehead atoms. The van der Waals surface area contributed by atoms with Gasteiger partial charge in [0.05, 0.1) is 13.2 Å². The van der Waals surface area contributed by atoms with Crippen molar-refractivity contribution in [3.05, 3.63) is 46.1 Å². The molecule has 112 valence electrons. The van der Waals surface area contributed by atoms with Gasteiger partial charge in [-0.15, -0.1) is 0 Å². The molecule has 0 fully saturated rings. The molecule has 0 aliphatic carbocycles. The van der Waals surface area contributed by atoms with Crippen LogP contribution in [0, 0.1) is 6.92 Å². The normalized spacial score (nSPS) is 10.8. The highest BCUT2D eigenvalue weighted by atomic mass is 79.9. The molecule has 2 aromatic rings. The van der Waals surface area contributed by atoms with Crippen molar-refractivity contribution >= 4 is 32.8 Å². The Kier molecular flexibility index (Phi) is 5.20. The number of hydrogen-bond acceptors (Lipinski definition) is 3. The van der Waals surface area contributed by atoms with E-state index in [9.17, 15) is 4.79 Å². The monoisotopic (exact) mass is 351 g/mol. The van der Waals surface area contributed by atoms with Crippen molar-refractivity contribution in [2.45, 2.75) is 13.8 Å². The van der Waals surface area contributed by atoms with E-state index in [0.717, 1.165) is 21.0 Å². The predicted octanol–water partition coefficient (Wildman–Crippen LogP) is 3.83. The van der Waals surface area contributed by atoms with Crippen molar-refractivity contribution in [3.8, 4) is 0 Å². The van der Waals surface area contributed by atoms with Gasteiger partial charge < -0.3 is 14.5 Å². The van der Waals surface area contributed by atoms with Gasteiger partial charge in [0, 0.05) is 22.0 Å². The summed E-state index contributed by atoms with van der Waals surface area (Å²) in [5.74, 6) is 0.127. The van der Waals surface area contributed by atoms with Crippen LogP contribution in [0.15, 0.2) is 39.2 Å². The zero-order valence-corrected chi connectivity index (χ0v) is 13.7. The van der Waals surface area contributed by atoms with Crippen molar-refractivity contribution < 1.29 is 13.9 Å². The minimum Gasteiger partial charge on any atom is -0.451 e. The summed E-state index contributed by atoms with van der Waals surface area (Å²) in [7, 11) is 0. The first-order valence-corrected chi connectivity index (χ1v) is 7.47. The Morgan fingerprint density at radius 3 is 2.95 bits per heavy atom. The third-order valence-corrected chi connectivity index (χ3v) is 3.48. The van der Waals surface area contributed by atoms with Gasteiger partial charge in [-0.05, 0) is 32.0 Å². The number of fused-ring (bicyclic) bond motifs is 1. The van der Waals surface area contributed by atoms with E-state index in [0.29, 0.717) is 31.1 Å². The van der Waals surface area contributed by atoms with E-state index in [1.165, 1.54) is 0 Å². The SMILES string of the molecule is C=C(C)COCCNC(=O)c1oc2ccc(Br)cc2c1C. The fourth-order valence-corrected chi connectivity index (χ4v) is 2.33. The van der Waals surface area contributed by atoms with Crippen LogP contribution in [0.1, 0.15) is 23.0 Å². The van der Waals surface area contributed by atoms with Gasteiger partial charge in [-0.2, -0.15) is 0 Å². The molecule has 1 aromatic heterocycles. The van der Waals surface area contributed by atoms with Crippen LogP contribution in [0.3, 0.4) is 0 Å². The molecule has 1 heterocycles. The maximum Gasteiger partial charge on any atom is 0.287 e. The molecule has 1 amide bonds. The number of rotatable bonds is 6. The molecule has 4 nitrogen and oxygen atoms in total. The maximum absolute atomic E-state index is 12.1. The molecule has 0 aliphatic heterocycles. The molecule has 0 spiro atoms. The first kappa shape index (κ1) is 15.8. The van der Waals surface area contributed by atoms with E-state index in [1.54, 1.807) is 0 Å². The molecule has 0 unspecified atom stereocenters. The molecular weight excluding hydrogens is 334 g/mol. The second-order valence-corrected chi connectivity index (χ2v) is 5.88. The predicted molar refractivity (Wildman–Crippen MR) is 86.6 cm³/mol. The molecule has 1 N–H and O–H groups in total. The van der Waals surface area contributed by atoms with Crippen molar-refractivity contribution in [1.82, 2.24) is 5.32 Å². The summed E-state index contributed by atoms with van der Waals surface area (Å²) in [5, 5.41) is 3.73. The average Bonchev–Trinajstić information content (AvgIpc) is 2.75. The number of carbonyl (C=O) groups excluding carboxylic acids is 1. The highest BCUT2D eigenvalue weighted by Gasteiger charge is 2.17. The Morgan fingerprint density at radius 1 is 1.48 bits per heavy atom. The Labute approximate surface area is 132 Å². The lowest BCUT2D eigenvalue weighted by molar-refractivity contribution is 0.0901. The van der Waals surface area contributed by atoms with Gasteiger partial charge in [-0.3, -0.25) is 4.79 Å². The number of halogens is 1.